The molecule has 0 saturated heterocycles. The van der Waals surface area contributed by atoms with Crippen LogP contribution in [0.1, 0.15) is 39.0 Å². The Morgan fingerprint density at radius 1 is 1.38 bits per heavy atom. The summed E-state index contributed by atoms with van der Waals surface area (Å²) in [6.07, 6.45) is 3.68. The summed E-state index contributed by atoms with van der Waals surface area (Å²) in [5.74, 6) is -0.418. The van der Waals surface area contributed by atoms with Crippen molar-refractivity contribution in [2.45, 2.75) is 39.0 Å². The standard InChI is InChI=1S/C14H21N3O4/c1-2-7-17(8-10-3-4-10)13(19)9-21-14(20)11-5-6-12(18)16-15-11/h10H,2-9H2,1H3,(H,16,18). The molecule has 2 rings (SSSR count). The lowest BCUT2D eigenvalue weighted by Gasteiger charge is -2.22. The van der Waals surface area contributed by atoms with E-state index in [-0.39, 0.29) is 37.0 Å². The van der Waals surface area contributed by atoms with E-state index in [2.05, 4.69) is 10.5 Å². The lowest BCUT2D eigenvalue weighted by molar-refractivity contribution is -0.147. The second-order valence-electron chi connectivity index (χ2n) is 5.45. The number of nitrogens with one attached hydrogen (secondary N) is 1. The van der Waals surface area contributed by atoms with Crippen LogP contribution in [-0.4, -0.2) is 48.1 Å². The number of nitrogens with zero attached hydrogens (tertiary/aromatic N) is 2. The molecule has 0 bridgehead atoms. The van der Waals surface area contributed by atoms with Crippen LogP contribution in [0.2, 0.25) is 0 Å². The first-order chi connectivity index (χ1) is 10.1. The highest BCUT2D eigenvalue weighted by Crippen LogP contribution is 2.29. The SMILES string of the molecule is CCCN(CC1CC1)C(=O)COC(=O)C1=NNC(=O)CC1. The summed E-state index contributed by atoms with van der Waals surface area (Å²) in [7, 11) is 0. The van der Waals surface area contributed by atoms with Crippen LogP contribution in [-0.2, 0) is 19.1 Å². The average molecular weight is 295 g/mol. The van der Waals surface area contributed by atoms with Gasteiger partial charge < -0.3 is 9.64 Å². The minimum absolute atomic E-state index is 0.159. The number of hydrazone groups is 1. The van der Waals surface area contributed by atoms with E-state index >= 15 is 0 Å². The molecule has 0 aromatic rings. The van der Waals surface area contributed by atoms with Crippen LogP contribution in [0.5, 0.6) is 0 Å². The molecule has 1 aliphatic heterocycles. The lowest BCUT2D eigenvalue weighted by atomic mass is 10.2. The van der Waals surface area contributed by atoms with Crippen LogP contribution in [0.15, 0.2) is 5.10 Å². The Kier molecular flexibility index (Phi) is 5.30. The molecule has 1 fully saturated rings. The minimum Gasteiger partial charge on any atom is -0.451 e. The number of rotatable bonds is 7. The lowest BCUT2D eigenvalue weighted by Crippen LogP contribution is -2.38. The molecule has 0 spiro atoms. The quantitative estimate of drug-likeness (QED) is 0.690. The van der Waals surface area contributed by atoms with Gasteiger partial charge in [-0.2, -0.15) is 5.10 Å². The summed E-state index contributed by atoms with van der Waals surface area (Å²) in [6.45, 7) is 3.18. The van der Waals surface area contributed by atoms with E-state index in [1.807, 2.05) is 6.92 Å². The molecule has 7 heteroatoms. The molecule has 116 valence electrons. The molecule has 1 heterocycles. The predicted octanol–water partition coefficient (Wildman–Crippen LogP) is 0.444. The van der Waals surface area contributed by atoms with Crippen molar-refractivity contribution < 1.29 is 19.1 Å². The molecular weight excluding hydrogens is 274 g/mol. The highest BCUT2D eigenvalue weighted by Gasteiger charge is 2.27. The van der Waals surface area contributed by atoms with Crippen LogP contribution < -0.4 is 5.43 Å². The van der Waals surface area contributed by atoms with Crippen molar-refractivity contribution in [2.75, 3.05) is 19.7 Å². The fourth-order valence-electron chi connectivity index (χ4n) is 2.12. The van der Waals surface area contributed by atoms with E-state index in [9.17, 15) is 14.4 Å². The molecule has 7 nitrogen and oxygen atoms in total. The van der Waals surface area contributed by atoms with Crippen molar-refractivity contribution in [1.82, 2.24) is 10.3 Å². The Bertz CT molecular complexity index is 457. The highest BCUT2D eigenvalue weighted by molar-refractivity contribution is 6.37. The molecule has 0 unspecified atom stereocenters. The Hall–Kier alpha value is -1.92. The fraction of sp³-hybridized carbons (Fsp3) is 0.714. The summed E-state index contributed by atoms with van der Waals surface area (Å²) in [6, 6.07) is 0. The molecule has 1 N–H and O–H groups in total. The van der Waals surface area contributed by atoms with E-state index in [0.29, 0.717) is 12.5 Å². The first-order valence-electron chi connectivity index (χ1n) is 7.40. The maximum atomic E-state index is 12.1. The molecule has 1 aliphatic carbocycles. The second-order valence-corrected chi connectivity index (χ2v) is 5.45. The van der Waals surface area contributed by atoms with Crippen molar-refractivity contribution in [2.24, 2.45) is 11.0 Å². The monoisotopic (exact) mass is 295 g/mol. The third-order valence-corrected chi connectivity index (χ3v) is 3.49. The van der Waals surface area contributed by atoms with Crippen molar-refractivity contribution in [3.05, 3.63) is 0 Å². The van der Waals surface area contributed by atoms with Gasteiger partial charge in [-0.1, -0.05) is 6.92 Å². The average Bonchev–Trinajstić information content (AvgIpc) is 3.28. The summed E-state index contributed by atoms with van der Waals surface area (Å²) in [5.41, 5.74) is 2.39. The smallest absolute Gasteiger partial charge is 0.355 e. The Morgan fingerprint density at radius 3 is 2.71 bits per heavy atom. The maximum Gasteiger partial charge on any atom is 0.355 e. The summed E-state index contributed by atoms with van der Waals surface area (Å²) in [5, 5.41) is 3.65. The summed E-state index contributed by atoms with van der Waals surface area (Å²) < 4.78 is 5.00. The molecule has 0 aromatic heterocycles. The zero-order valence-electron chi connectivity index (χ0n) is 12.3. The number of carbonyl (C=O) groups is 3. The van der Waals surface area contributed by atoms with Gasteiger partial charge in [0.25, 0.3) is 5.91 Å². The predicted molar refractivity (Wildman–Crippen MR) is 75.4 cm³/mol. The van der Waals surface area contributed by atoms with Crippen molar-refractivity contribution in [1.29, 1.82) is 0 Å². The Morgan fingerprint density at radius 2 is 2.14 bits per heavy atom. The van der Waals surface area contributed by atoms with Crippen LogP contribution in [0.3, 0.4) is 0 Å². The van der Waals surface area contributed by atoms with Gasteiger partial charge in [0, 0.05) is 25.9 Å². The van der Waals surface area contributed by atoms with E-state index in [0.717, 1.165) is 13.0 Å². The number of carbonyl (C=O) groups excluding carboxylic acids is 3. The van der Waals surface area contributed by atoms with Gasteiger partial charge in [-0.05, 0) is 25.2 Å². The van der Waals surface area contributed by atoms with Gasteiger partial charge in [0.2, 0.25) is 5.91 Å². The normalized spacial score (nSPS) is 17.8. The second kappa shape index (κ2) is 7.19. The van der Waals surface area contributed by atoms with Crippen LogP contribution in [0, 0.1) is 5.92 Å². The van der Waals surface area contributed by atoms with E-state index < -0.39 is 5.97 Å². The van der Waals surface area contributed by atoms with Gasteiger partial charge >= 0.3 is 5.97 Å². The van der Waals surface area contributed by atoms with E-state index in [4.69, 9.17) is 4.74 Å². The third kappa shape index (κ3) is 4.84. The Balaban J connectivity index is 1.78. The maximum absolute atomic E-state index is 12.1. The largest absolute Gasteiger partial charge is 0.451 e. The number of amides is 2. The number of ether oxygens (including phenoxy) is 1. The van der Waals surface area contributed by atoms with Crippen LogP contribution >= 0.6 is 0 Å². The Labute approximate surface area is 123 Å². The van der Waals surface area contributed by atoms with Crippen molar-refractivity contribution >= 4 is 23.5 Å². The highest BCUT2D eigenvalue weighted by atomic mass is 16.5. The molecule has 21 heavy (non-hydrogen) atoms. The molecule has 2 aliphatic rings. The van der Waals surface area contributed by atoms with Crippen molar-refractivity contribution in [3.63, 3.8) is 0 Å². The number of hydrogen-bond acceptors (Lipinski definition) is 5. The van der Waals surface area contributed by atoms with E-state index in [1.165, 1.54) is 12.8 Å². The first-order valence-corrected chi connectivity index (χ1v) is 7.40. The van der Waals surface area contributed by atoms with Gasteiger partial charge in [0.05, 0.1) is 0 Å². The molecule has 0 atom stereocenters. The third-order valence-electron chi connectivity index (χ3n) is 3.49. The van der Waals surface area contributed by atoms with Gasteiger partial charge in [-0.25, -0.2) is 10.2 Å². The summed E-state index contributed by atoms with van der Waals surface area (Å²) >= 11 is 0. The number of hydrogen-bond donors (Lipinski definition) is 1. The minimum atomic E-state index is -0.633. The molecular formula is C14H21N3O4. The van der Waals surface area contributed by atoms with E-state index in [1.54, 1.807) is 4.90 Å². The molecule has 1 saturated carbocycles. The molecule has 0 radical (unpaired) electrons. The van der Waals surface area contributed by atoms with Gasteiger partial charge in [-0.15, -0.1) is 0 Å². The first kappa shape index (κ1) is 15.5. The molecule has 0 aromatic carbocycles. The van der Waals surface area contributed by atoms with Crippen molar-refractivity contribution in [3.8, 4) is 0 Å². The van der Waals surface area contributed by atoms with Gasteiger partial charge in [-0.3, -0.25) is 9.59 Å². The number of esters is 1. The fourth-order valence-corrected chi connectivity index (χ4v) is 2.12. The van der Waals surface area contributed by atoms with Gasteiger partial charge in [0.15, 0.2) is 6.61 Å². The van der Waals surface area contributed by atoms with Crippen LogP contribution in [0.4, 0.5) is 0 Å². The van der Waals surface area contributed by atoms with Crippen LogP contribution in [0.25, 0.3) is 0 Å². The molecule has 2 amide bonds. The zero-order chi connectivity index (χ0) is 15.2. The van der Waals surface area contributed by atoms with Gasteiger partial charge in [0.1, 0.15) is 5.71 Å². The summed E-state index contributed by atoms with van der Waals surface area (Å²) in [4.78, 5) is 36.5. The zero-order valence-corrected chi connectivity index (χ0v) is 12.3. The topological polar surface area (TPSA) is 88.1 Å².